The maximum Gasteiger partial charge on any atom is 0.211 e. The summed E-state index contributed by atoms with van der Waals surface area (Å²) in [6.07, 6.45) is 3.11. The van der Waals surface area contributed by atoms with Crippen LogP contribution in [-0.2, 0) is 20.2 Å². The zero-order valence-electron chi connectivity index (χ0n) is 14.0. The number of unbranched alkanes of at least 4 members (excludes halogenated alkanes) is 1. The average molecular weight is 341 g/mol. The first-order chi connectivity index (χ1) is 11.0. The molecule has 1 saturated heterocycles. The topological polar surface area (TPSA) is 64.6 Å². The van der Waals surface area contributed by atoms with Gasteiger partial charge in [-0.2, -0.15) is 0 Å². The molecule has 1 fully saturated rings. The first-order valence-corrected chi connectivity index (χ1v) is 9.87. The number of para-hydroxylation sites is 1. The smallest absolute Gasteiger partial charge is 0.211 e. The Labute approximate surface area is 139 Å². The molecule has 0 radical (unpaired) electrons. The van der Waals surface area contributed by atoms with E-state index < -0.39 is 10.0 Å². The van der Waals surface area contributed by atoms with Gasteiger partial charge in [0, 0.05) is 30.7 Å². The molecular weight excluding hydrogens is 314 g/mol. The van der Waals surface area contributed by atoms with Gasteiger partial charge in [-0.25, -0.2) is 13.1 Å². The van der Waals surface area contributed by atoms with E-state index >= 15 is 0 Å². The Morgan fingerprint density at radius 3 is 2.61 bits per heavy atom. The zero-order valence-corrected chi connectivity index (χ0v) is 14.8. The Bertz CT molecular complexity index is 594. The molecule has 0 spiro atoms. The van der Waals surface area contributed by atoms with Crippen LogP contribution >= 0.6 is 0 Å². The summed E-state index contributed by atoms with van der Waals surface area (Å²) >= 11 is 0. The van der Waals surface area contributed by atoms with Crippen LogP contribution in [-0.4, -0.2) is 41.0 Å². The predicted octanol–water partition coefficient (Wildman–Crippen LogP) is 2.46. The molecule has 1 aromatic carbocycles. The summed E-state index contributed by atoms with van der Waals surface area (Å²) in [5, 5.41) is 0. The van der Waals surface area contributed by atoms with Crippen molar-refractivity contribution in [1.82, 2.24) is 4.72 Å². The van der Waals surface area contributed by atoms with Crippen LogP contribution in [0.2, 0.25) is 0 Å². The summed E-state index contributed by atoms with van der Waals surface area (Å²) in [5.74, 6) is 0.990. The summed E-state index contributed by atoms with van der Waals surface area (Å²) in [7, 11) is -1.59. The molecule has 2 rings (SSSR count). The van der Waals surface area contributed by atoms with E-state index in [9.17, 15) is 8.42 Å². The van der Waals surface area contributed by atoms with Crippen molar-refractivity contribution in [2.24, 2.45) is 0 Å². The number of methoxy groups -OCH3 is 1. The van der Waals surface area contributed by atoms with Crippen LogP contribution in [0.25, 0.3) is 0 Å². The Balaban J connectivity index is 2.23. The zero-order chi connectivity index (χ0) is 16.8. The van der Waals surface area contributed by atoms with Gasteiger partial charge in [-0.05, 0) is 25.3 Å². The van der Waals surface area contributed by atoms with Crippen LogP contribution < -0.4 is 9.46 Å². The number of ether oxygens (including phenoxy) is 2. The van der Waals surface area contributed by atoms with E-state index in [1.54, 1.807) is 7.11 Å². The van der Waals surface area contributed by atoms with Crippen LogP contribution in [0, 0.1) is 0 Å². The fourth-order valence-electron chi connectivity index (χ4n) is 3.04. The number of benzene rings is 1. The van der Waals surface area contributed by atoms with Gasteiger partial charge in [-0.15, -0.1) is 0 Å². The summed E-state index contributed by atoms with van der Waals surface area (Å²) in [4.78, 5) is 0. The summed E-state index contributed by atoms with van der Waals surface area (Å²) < 4.78 is 38.2. The second kappa shape index (κ2) is 8.13. The normalized spacial score (nSPS) is 17.8. The van der Waals surface area contributed by atoms with Gasteiger partial charge in [0.2, 0.25) is 10.0 Å². The van der Waals surface area contributed by atoms with Gasteiger partial charge in [-0.3, -0.25) is 0 Å². The van der Waals surface area contributed by atoms with Gasteiger partial charge in [0.1, 0.15) is 5.75 Å². The highest BCUT2D eigenvalue weighted by atomic mass is 32.2. The molecule has 1 N–H and O–H groups in total. The highest BCUT2D eigenvalue weighted by Gasteiger charge is 2.37. The molecule has 0 bridgehead atoms. The third-order valence-corrected chi connectivity index (χ3v) is 5.94. The fraction of sp³-hybridized carbons (Fsp3) is 0.647. The molecule has 1 heterocycles. The number of rotatable bonds is 8. The molecule has 0 aliphatic carbocycles. The lowest BCUT2D eigenvalue weighted by atomic mass is 9.74. The molecule has 130 valence electrons. The lowest BCUT2D eigenvalue weighted by molar-refractivity contribution is 0.0509. The van der Waals surface area contributed by atoms with Gasteiger partial charge in [-0.1, -0.05) is 31.5 Å². The van der Waals surface area contributed by atoms with Crippen molar-refractivity contribution in [2.45, 2.75) is 38.0 Å². The maximum absolute atomic E-state index is 12.2. The lowest BCUT2D eigenvalue weighted by Gasteiger charge is -2.38. The molecule has 6 heteroatoms. The second-order valence-corrected chi connectivity index (χ2v) is 8.01. The summed E-state index contributed by atoms with van der Waals surface area (Å²) in [5.41, 5.74) is 0.786. The molecular formula is C17H27NO4S. The van der Waals surface area contributed by atoms with E-state index in [4.69, 9.17) is 9.47 Å². The van der Waals surface area contributed by atoms with Crippen LogP contribution in [0.15, 0.2) is 24.3 Å². The van der Waals surface area contributed by atoms with Crippen LogP contribution in [0.5, 0.6) is 5.75 Å². The molecule has 1 aromatic rings. The molecule has 0 aromatic heterocycles. The van der Waals surface area contributed by atoms with Gasteiger partial charge in [0.25, 0.3) is 0 Å². The minimum absolute atomic E-state index is 0.183. The second-order valence-electron chi connectivity index (χ2n) is 6.09. The molecule has 0 atom stereocenters. The molecule has 1 aliphatic heterocycles. The van der Waals surface area contributed by atoms with Crippen molar-refractivity contribution in [3.8, 4) is 5.75 Å². The van der Waals surface area contributed by atoms with Crippen LogP contribution in [0.3, 0.4) is 0 Å². The van der Waals surface area contributed by atoms with Gasteiger partial charge >= 0.3 is 0 Å². The van der Waals surface area contributed by atoms with Crippen LogP contribution in [0.1, 0.15) is 38.2 Å². The van der Waals surface area contributed by atoms with E-state index in [0.717, 1.165) is 30.6 Å². The van der Waals surface area contributed by atoms with Crippen LogP contribution in [0.4, 0.5) is 0 Å². The summed E-state index contributed by atoms with van der Waals surface area (Å²) in [6.45, 7) is 3.65. The minimum Gasteiger partial charge on any atom is -0.496 e. The first kappa shape index (κ1) is 18.2. The van der Waals surface area contributed by atoms with Crippen molar-refractivity contribution in [3.05, 3.63) is 29.8 Å². The molecule has 1 aliphatic rings. The molecule has 23 heavy (non-hydrogen) atoms. The maximum atomic E-state index is 12.2. The van der Waals surface area contributed by atoms with Crippen molar-refractivity contribution < 1.29 is 17.9 Å². The van der Waals surface area contributed by atoms with E-state index in [1.165, 1.54) is 0 Å². The average Bonchev–Trinajstić information content (AvgIpc) is 2.59. The van der Waals surface area contributed by atoms with Gasteiger partial charge in [0.05, 0.1) is 12.9 Å². The van der Waals surface area contributed by atoms with E-state index in [0.29, 0.717) is 26.2 Å². The van der Waals surface area contributed by atoms with E-state index in [-0.39, 0.29) is 11.2 Å². The number of hydrogen-bond donors (Lipinski definition) is 1. The SMILES string of the molecule is CCCCS(=O)(=O)NCC1(c2ccccc2OC)CCOCC1. The third kappa shape index (κ3) is 4.68. The van der Waals surface area contributed by atoms with Crippen molar-refractivity contribution in [1.29, 1.82) is 0 Å². The number of hydrogen-bond acceptors (Lipinski definition) is 4. The Hall–Kier alpha value is -1.11. The monoisotopic (exact) mass is 341 g/mol. The number of sulfonamides is 1. The Kier molecular flexibility index (Phi) is 6.44. The van der Waals surface area contributed by atoms with Gasteiger partial charge in [0.15, 0.2) is 0 Å². The third-order valence-electron chi connectivity index (χ3n) is 4.53. The fourth-order valence-corrected chi connectivity index (χ4v) is 4.35. The van der Waals surface area contributed by atoms with Crippen molar-refractivity contribution in [3.63, 3.8) is 0 Å². The van der Waals surface area contributed by atoms with E-state index in [2.05, 4.69) is 4.72 Å². The molecule has 0 amide bonds. The minimum atomic E-state index is -3.24. The van der Waals surface area contributed by atoms with Gasteiger partial charge < -0.3 is 9.47 Å². The van der Waals surface area contributed by atoms with Crippen molar-refractivity contribution >= 4 is 10.0 Å². The molecule has 0 saturated carbocycles. The number of nitrogens with one attached hydrogen (secondary N) is 1. The largest absolute Gasteiger partial charge is 0.496 e. The quantitative estimate of drug-likeness (QED) is 0.789. The highest BCUT2D eigenvalue weighted by Crippen LogP contribution is 2.39. The standard InChI is InChI=1S/C17H27NO4S/c1-3-4-13-23(19,20)18-14-17(9-11-22-12-10-17)15-7-5-6-8-16(15)21-2/h5-8,18H,3-4,9-14H2,1-2H3. The first-order valence-electron chi connectivity index (χ1n) is 8.21. The Morgan fingerprint density at radius 2 is 1.96 bits per heavy atom. The van der Waals surface area contributed by atoms with E-state index in [1.807, 2.05) is 31.2 Å². The Morgan fingerprint density at radius 1 is 1.26 bits per heavy atom. The molecule has 5 nitrogen and oxygen atoms in total. The highest BCUT2D eigenvalue weighted by molar-refractivity contribution is 7.89. The van der Waals surface area contributed by atoms with Crippen molar-refractivity contribution in [2.75, 3.05) is 32.6 Å². The lowest BCUT2D eigenvalue weighted by Crippen LogP contribution is -2.45. The molecule has 0 unspecified atom stereocenters. The predicted molar refractivity (Wildman–Crippen MR) is 91.4 cm³/mol. The summed E-state index contributed by atoms with van der Waals surface area (Å²) in [6, 6.07) is 7.87.